The molecule has 0 unspecified atom stereocenters. The number of hydrogen-bond acceptors (Lipinski definition) is 4. The second kappa shape index (κ2) is 6.97. The van der Waals surface area contributed by atoms with Gasteiger partial charge in [-0.1, -0.05) is 35.9 Å². The summed E-state index contributed by atoms with van der Waals surface area (Å²) in [5, 5.41) is 9.27. The molecule has 0 aliphatic rings. The zero-order valence-corrected chi connectivity index (χ0v) is 13.1. The molecule has 24 heavy (non-hydrogen) atoms. The van der Waals surface area contributed by atoms with Crippen LogP contribution in [0.15, 0.2) is 65.5 Å². The highest BCUT2D eigenvalue weighted by Crippen LogP contribution is 2.24. The molecule has 0 fully saturated rings. The van der Waals surface area contributed by atoms with Crippen molar-refractivity contribution in [1.29, 1.82) is 0 Å². The average Bonchev–Trinajstić information content (AvgIpc) is 2.58. The van der Waals surface area contributed by atoms with Gasteiger partial charge in [0.15, 0.2) is 5.75 Å². The van der Waals surface area contributed by atoms with E-state index in [9.17, 15) is 9.59 Å². The van der Waals surface area contributed by atoms with Crippen molar-refractivity contribution < 1.29 is 9.53 Å². The van der Waals surface area contributed by atoms with Crippen LogP contribution in [0.1, 0.15) is 0 Å². The molecule has 0 atom stereocenters. The Balaban J connectivity index is 1.68. The van der Waals surface area contributed by atoms with E-state index in [1.165, 1.54) is 6.07 Å². The first-order valence-electron chi connectivity index (χ1n) is 7.01. The maximum Gasteiger partial charge on any atom is 0.417 e. The number of H-pyrrole nitrogens is 1. The van der Waals surface area contributed by atoms with Crippen molar-refractivity contribution in [2.24, 2.45) is 0 Å². The summed E-state index contributed by atoms with van der Waals surface area (Å²) in [5.41, 5.74) is 1.72. The van der Waals surface area contributed by atoms with Gasteiger partial charge in [-0.2, -0.15) is 5.10 Å². The number of carbonyl (C=O) groups is 1. The van der Waals surface area contributed by atoms with Gasteiger partial charge in [-0.25, -0.2) is 9.89 Å². The molecule has 3 aromatic rings. The lowest BCUT2D eigenvalue weighted by Gasteiger charge is -2.08. The van der Waals surface area contributed by atoms with Gasteiger partial charge in [0.25, 0.3) is 5.56 Å². The lowest BCUT2D eigenvalue weighted by Crippen LogP contribution is -2.16. The van der Waals surface area contributed by atoms with Crippen molar-refractivity contribution in [3.05, 3.63) is 76.0 Å². The number of amides is 1. The zero-order valence-electron chi connectivity index (χ0n) is 12.3. The van der Waals surface area contributed by atoms with Crippen molar-refractivity contribution in [3.8, 4) is 17.0 Å². The summed E-state index contributed by atoms with van der Waals surface area (Å²) >= 11 is 5.93. The van der Waals surface area contributed by atoms with Gasteiger partial charge < -0.3 is 4.74 Å². The average molecular weight is 342 g/mol. The molecule has 0 spiro atoms. The maximum atomic E-state index is 11.9. The summed E-state index contributed by atoms with van der Waals surface area (Å²) in [6.07, 6.45) is -0.641. The monoisotopic (exact) mass is 341 g/mol. The first-order valence-corrected chi connectivity index (χ1v) is 7.39. The SMILES string of the molecule is O=C(Nc1ccc(-c2ccc(=O)[nH]n2)cc1)Oc1ccccc1Cl. The highest BCUT2D eigenvalue weighted by molar-refractivity contribution is 6.32. The van der Waals surface area contributed by atoms with Gasteiger partial charge in [-0.3, -0.25) is 10.1 Å². The third-order valence-electron chi connectivity index (χ3n) is 3.15. The van der Waals surface area contributed by atoms with E-state index in [4.69, 9.17) is 16.3 Å². The van der Waals surface area contributed by atoms with E-state index in [0.29, 0.717) is 16.4 Å². The van der Waals surface area contributed by atoms with Crippen LogP contribution in [0.25, 0.3) is 11.3 Å². The molecule has 0 saturated heterocycles. The molecule has 0 radical (unpaired) electrons. The van der Waals surface area contributed by atoms with E-state index in [0.717, 1.165) is 5.56 Å². The predicted molar refractivity (Wildman–Crippen MR) is 91.4 cm³/mol. The highest BCUT2D eigenvalue weighted by Gasteiger charge is 2.08. The lowest BCUT2D eigenvalue weighted by atomic mass is 10.1. The summed E-state index contributed by atoms with van der Waals surface area (Å²) in [5.74, 6) is 0.283. The van der Waals surface area contributed by atoms with Gasteiger partial charge in [-0.05, 0) is 30.3 Å². The van der Waals surface area contributed by atoms with Gasteiger partial charge in [-0.15, -0.1) is 0 Å². The van der Waals surface area contributed by atoms with Crippen LogP contribution in [0, 0.1) is 0 Å². The molecule has 2 aromatic carbocycles. The molecule has 0 saturated carbocycles. The second-order valence-electron chi connectivity index (χ2n) is 4.83. The molecule has 0 aliphatic carbocycles. The zero-order chi connectivity index (χ0) is 16.9. The van der Waals surface area contributed by atoms with Crippen LogP contribution in [-0.4, -0.2) is 16.3 Å². The van der Waals surface area contributed by atoms with Crippen LogP contribution in [-0.2, 0) is 0 Å². The summed E-state index contributed by atoms with van der Waals surface area (Å²) < 4.78 is 5.14. The Morgan fingerprint density at radius 3 is 2.46 bits per heavy atom. The van der Waals surface area contributed by atoms with Crippen molar-refractivity contribution in [2.75, 3.05) is 5.32 Å². The fourth-order valence-electron chi connectivity index (χ4n) is 2.00. The molecule has 0 bridgehead atoms. The topological polar surface area (TPSA) is 84.1 Å². The molecule has 6 nitrogen and oxygen atoms in total. The molecule has 1 heterocycles. The fraction of sp³-hybridized carbons (Fsp3) is 0. The van der Waals surface area contributed by atoms with Crippen molar-refractivity contribution in [3.63, 3.8) is 0 Å². The molecule has 2 N–H and O–H groups in total. The van der Waals surface area contributed by atoms with Crippen LogP contribution in [0.4, 0.5) is 10.5 Å². The standard InChI is InChI=1S/C17H12ClN3O3/c18-13-3-1-2-4-15(13)24-17(23)19-12-7-5-11(6-8-12)14-9-10-16(22)21-20-14/h1-10H,(H,19,23)(H,21,22). The van der Waals surface area contributed by atoms with E-state index >= 15 is 0 Å². The largest absolute Gasteiger partial charge is 0.417 e. The Morgan fingerprint density at radius 2 is 1.79 bits per heavy atom. The lowest BCUT2D eigenvalue weighted by molar-refractivity contribution is 0.215. The minimum Gasteiger partial charge on any atom is -0.409 e. The molecule has 120 valence electrons. The Labute approximate surface area is 142 Å². The summed E-state index contributed by atoms with van der Waals surface area (Å²) in [6, 6.07) is 16.7. The number of para-hydroxylation sites is 1. The molecule has 7 heteroatoms. The first kappa shape index (κ1) is 15.8. The van der Waals surface area contributed by atoms with Gasteiger partial charge in [0.2, 0.25) is 0 Å². The Hall–Kier alpha value is -3.12. The number of nitrogens with zero attached hydrogens (tertiary/aromatic N) is 1. The number of nitrogens with one attached hydrogen (secondary N) is 2. The highest BCUT2D eigenvalue weighted by atomic mass is 35.5. The minimum absolute atomic E-state index is 0.264. The molecular formula is C17H12ClN3O3. The van der Waals surface area contributed by atoms with Crippen LogP contribution in [0.2, 0.25) is 5.02 Å². The van der Waals surface area contributed by atoms with E-state index in [1.54, 1.807) is 54.6 Å². The number of aromatic amines is 1. The molecule has 3 rings (SSSR count). The maximum absolute atomic E-state index is 11.9. The number of aromatic nitrogens is 2. The normalized spacial score (nSPS) is 10.2. The third-order valence-corrected chi connectivity index (χ3v) is 3.46. The summed E-state index contributed by atoms with van der Waals surface area (Å²) in [4.78, 5) is 22.9. The predicted octanol–water partition coefficient (Wildman–Crippen LogP) is 3.70. The number of carbonyl (C=O) groups excluding carboxylic acids is 1. The molecular weight excluding hydrogens is 330 g/mol. The van der Waals surface area contributed by atoms with Crippen LogP contribution in [0.3, 0.4) is 0 Å². The number of hydrogen-bond donors (Lipinski definition) is 2. The Morgan fingerprint density at radius 1 is 1.04 bits per heavy atom. The quantitative estimate of drug-likeness (QED) is 0.760. The van der Waals surface area contributed by atoms with Gasteiger partial charge in [0.05, 0.1) is 10.7 Å². The van der Waals surface area contributed by atoms with E-state index in [2.05, 4.69) is 15.5 Å². The number of halogens is 1. The van der Waals surface area contributed by atoms with Crippen LogP contribution in [0.5, 0.6) is 5.75 Å². The second-order valence-corrected chi connectivity index (χ2v) is 5.24. The third kappa shape index (κ3) is 3.80. The Bertz CT molecular complexity index is 902. The van der Waals surface area contributed by atoms with Gasteiger partial charge >= 0.3 is 6.09 Å². The number of rotatable bonds is 3. The molecule has 0 aliphatic heterocycles. The van der Waals surface area contributed by atoms with Crippen molar-refractivity contribution >= 4 is 23.4 Å². The molecule has 1 amide bonds. The fourth-order valence-corrected chi connectivity index (χ4v) is 2.17. The number of benzene rings is 2. The van der Waals surface area contributed by atoms with E-state index < -0.39 is 6.09 Å². The minimum atomic E-state index is -0.641. The van der Waals surface area contributed by atoms with Crippen molar-refractivity contribution in [2.45, 2.75) is 0 Å². The Kier molecular flexibility index (Phi) is 4.58. The van der Waals surface area contributed by atoms with Crippen LogP contribution >= 0.6 is 11.6 Å². The first-order chi connectivity index (χ1) is 11.6. The van der Waals surface area contributed by atoms with Crippen LogP contribution < -0.4 is 15.6 Å². The van der Waals surface area contributed by atoms with Gasteiger partial charge in [0.1, 0.15) is 0 Å². The summed E-state index contributed by atoms with van der Waals surface area (Å²) in [6.45, 7) is 0. The summed E-state index contributed by atoms with van der Waals surface area (Å²) in [7, 11) is 0. The van der Waals surface area contributed by atoms with Crippen molar-refractivity contribution in [1.82, 2.24) is 10.2 Å². The number of anilines is 1. The smallest absolute Gasteiger partial charge is 0.409 e. The van der Waals surface area contributed by atoms with Gasteiger partial charge in [0, 0.05) is 17.3 Å². The van der Waals surface area contributed by atoms with E-state index in [1.807, 2.05) is 0 Å². The number of ether oxygens (including phenoxy) is 1. The molecule has 1 aromatic heterocycles. The van der Waals surface area contributed by atoms with E-state index in [-0.39, 0.29) is 11.3 Å².